The van der Waals surface area contributed by atoms with Gasteiger partial charge in [0.25, 0.3) is 0 Å². The van der Waals surface area contributed by atoms with Crippen LogP contribution in [0.25, 0.3) is 0 Å². The molecule has 0 aliphatic heterocycles. The third kappa shape index (κ3) is 6.78. The molecule has 0 spiro atoms. The Morgan fingerprint density at radius 1 is 0.533 bits per heavy atom. The van der Waals surface area contributed by atoms with Gasteiger partial charge in [-0.25, -0.2) is 0 Å². The van der Waals surface area contributed by atoms with Crippen LogP contribution in [0.4, 0.5) is 0 Å². The highest BCUT2D eigenvalue weighted by Gasteiger charge is 2.27. The van der Waals surface area contributed by atoms with Crippen LogP contribution < -0.4 is 5.73 Å². The first kappa shape index (κ1) is 33.0. The molecule has 0 atom stereocenters. The molecule has 0 radical (unpaired) electrons. The van der Waals surface area contributed by atoms with Gasteiger partial charge in [0.2, 0.25) is 0 Å². The third-order valence-corrected chi connectivity index (χ3v) is 8.44. The molecule has 0 aliphatic rings. The SMILES string of the molecule is C=C(/C=C\C=C(/N)C(c1cc(C)cc(C)c1O)c1cc(C)cc(C)c1O)C(c1cc(C)cc(C)c1O)c1cc(C)cc(C)c1O. The number of hydrogen-bond donors (Lipinski definition) is 5. The monoisotopic (exact) mass is 603 g/mol. The molecular formula is C40H45NO4. The number of rotatable bonds is 8. The van der Waals surface area contributed by atoms with Crippen molar-refractivity contribution in [1.29, 1.82) is 0 Å². The number of aromatic hydroxyl groups is 4. The zero-order valence-electron chi connectivity index (χ0n) is 27.6. The molecule has 0 saturated heterocycles. The normalized spacial score (nSPS) is 12.1. The maximum atomic E-state index is 11.2. The molecule has 0 aromatic heterocycles. The van der Waals surface area contributed by atoms with E-state index in [1.165, 1.54) is 0 Å². The Hall–Kier alpha value is -4.90. The van der Waals surface area contributed by atoms with Crippen molar-refractivity contribution in [3.8, 4) is 23.0 Å². The predicted octanol–water partition coefficient (Wildman–Crippen LogP) is 8.90. The Morgan fingerprint density at radius 2 is 0.822 bits per heavy atom. The molecule has 0 fully saturated rings. The molecule has 0 heterocycles. The van der Waals surface area contributed by atoms with Crippen molar-refractivity contribution < 1.29 is 20.4 Å². The number of nitrogens with two attached hydrogens (primary N) is 1. The van der Waals surface area contributed by atoms with Crippen molar-refractivity contribution in [2.24, 2.45) is 5.73 Å². The summed E-state index contributed by atoms with van der Waals surface area (Å²) in [4.78, 5) is 0. The zero-order chi connectivity index (χ0) is 33.3. The van der Waals surface area contributed by atoms with Crippen LogP contribution in [0.2, 0.25) is 0 Å². The molecule has 0 saturated carbocycles. The molecule has 0 unspecified atom stereocenters. The maximum absolute atomic E-state index is 11.2. The van der Waals surface area contributed by atoms with E-state index >= 15 is 0 Å². The number of hydrogen-bond acceptors (Lipinski definition) is 5. The lowest BCUT2D eigenvalue weighted by Gasteiger charge is -2.24. The molecule has 4 rings (SSSR count). The number of allylic oxidation sites excluding steroid dienone is 5. The molecule has 4 aromatic carbocycles. The lowest BCUT2D eigenvalue weighted by molar-refractivity contribution is 0.453. The molecule has 45 heavy (non-hydrogen) atoms. The van der Waals surface area contributed by atoms with Crippen LogP contribution in [-0.4, -0.2) is 20.4 Å². The Kier molecular flexibility index (Phi) is 9.53. The second-order valence-corrected chi connectivity index (χ2v) is 12.5. The van der Waals surface area contributed by atoms with E-state index < -0.39 is 11.8 Å². The summed E-state index contributed by atoms with van der Waals surface area (Å²) >= 11 is 0. The van der Waals surface area contributed by atoms with E-state index in [1.807, 2.05) is 110 Å². The first-order valence-corrected chi connectivity index (χ1v) is 15.1. The van der Waals surface area contributed by atoms with Gasteiger partial charge in [0.1, 0.15) is 23.0 Å². The molecule has 0 bridgehead atoms. The zero-order valence-corrected chi connectivity index (χ0v) is 27.6. The average molecular weight is 604 g/mol. The molecular weight excluding hydrogens is 558 g/mol. The lowest BCUT2D eigenvalue weighted by Crippen LogP contribution is -2.13. The predicted molar refractivity (Wildman–Crippen MR) is 185 cm³/mol. The Balaban J connectivity index is 1.86. The van der Waals surface area contributed by atoms with Gasteiger partial charge in [-0.15, -0.1) is 0 Å². The minimum atomic E-state index is -0.622. The summed E-state index contributed by atoms with van der Waals surface area (Å²) in [7, 11) is 0. The fraction of sp³-hybridized carbons (Fsp3) is 0.250. The van der Waals surface area contributed by atoms with Crippen molar-refractivity contribution in [2.45, 2.75) is 67.2 Å². The molecule has 5 nitrogen and oxygen atoms in total. The Bertz CT molecular complexity index is 1750. The van der Waals surface area contributed by atoms with Gasteiger partial charge in [-0.2, -0.15) is 0 Å². The summed E-state index contributed by atoms with van der Waals surface area (Å²) in [5.74, 6) is -0.582. The van der Waals surface area contributed by atoms with Crippen LogP contribution in [0.15, 0.2) is 84.6 Å². The fourth-order valence-corrected chi connectivity index (χ4v) is 6.42. The lowest BCUT2D eigenvalue weighted by atomic mass is 9.81. The van der Waals surface area contributed by atoms with Crippen LogP contribution in [0.3, 0.4) is 0 Å². The average Bonchev–Trinajstić information content (AvgIpc) is 2.94. The van der Waals surface area contributed by atoms with Gasteiger partial charge < -0.3 is 26.2 Å². The van der Waals surface area contributed by atoms with Crippen molar-refractivity contribution in [3.63, 3.8) is 0 Å². The molecule has 4 aromatic rings. The van der Waals surface area contributed by atoms with Crippen molar-refractivity contribution in [1.82, 2.24) is 0 Å². The molecule has 234 valence electrons. The summed E-state index contributed by atoms with van der Waals surface area (Å²) in [6, 6.07) is 15.3. The van der Waals surface area contributed by atoms with Gasteiger partial charge >= 0.3 is 0 Å². The molecule has 6 N–H and O–H groups in total. The quantitative estimate of drug-likeness (QED) is 0.129. The van der Waals surface area contributed by atoms with E-state index in [9.17, 15) is 20.4 Å². The van der Waals surface area contributed by atoms with Crippen molar-refractivity contribution >= 4 is 0 Å². The first-order valence-electron chi connectivity index (χ1n) is 15.1. The van der Waals surface area contributed by atoms with Crippen LogP contribution >= 0.6 is 0 Å². The molecule has 0 amide bonds. The second kappa shape index (κ2) is 13.0. The third-order valence-electron chi connectivity index (χ3n) is 8.44. The van der Waals surface area contributed by atoms with Crippen LogP contribution in [0.1, 0.15) is 78.6 Å². The van der Waals surface area contributed by atoms with Gasteiger partial charge in [-0.05, 0) is 89.3 Å². The van der Waals surface area contributed by atoms with Crippen molar-refractivity contribution in [2.75, 3.05) is 0 Å². The van der Waals surface area contributed by atoms with E-state index in [2.05, 4.69) is 6.58 Å². The van der Waals surface area contributed by atoms with E-state index in [0.717, 1.165) is 44.5 Å². The largest absolute Gasteiger partial charge is 0.507 e. The minimum Gasteiger partial charge on any atom is -0.507 e. The first-order chi connectivity index (χ1) is 21.1. The highest BCUT2D eigenvalue weighted by atomic mass is 16.3. The Morgan fingerprint density at radius 3 is 1.13 bits per heavy atom. The summed E-state index contributed by atoms with van der Waals surface area (Å²) in [5, 5.41) is 44.7. The highest BCUT2D eigenvalue weighted by Crippen LogP contribution is 2.44. The maximum Gasteiger partial charge on any atom is 0.122 e. The number of phenols is 4. The van der Waals surface area contributed by atoms with Crippen LogP contribution in [0, 0.1) is 55.4 Å². The van der Waals surface area contributed by atoms with Gasteiger partial charge in [0, 0.05) is 33.9 Å². The van der Waals surface area contributed by atoms with Crippen LogP contribution in [0.5, 0.6) is 23.0 Å². The summed E-state index contributed by atoms with van der Waals surface area (Å²) < 4.78 is 0. The van der Waals surface area contributed by atoms with Gasteiger partial charge in [-0.1, -0.05) is 89.5 Å². The van der Waals surface area contributed by atoms with E-state index in [-0.39, 0.29) is 23.0 Å². The second-order valence-electron chi connectivity index (χ2n) is 12.5. The fourth-order valence-electron chi connectivity index (χ4n) is 6.42. The van der Waals surface area contributed by atoms with Crippen LogP contribution in [-0.2, 0) is 0 Å². The summed E-state index contributed by atoms with van der Waals surface area (Å²) in [6.07, 6.45) is 5.37. The standard InChI is InChI=1S/C40H45NO4/c1-21-13-26(6)37(42)30(17-21)35(31-18-22(2)14-27(7)38(31)43)25(5)11-10-12-34(41)36(32-19-23(3)15-28(8)39(32)44)33-20-24(4)16-29(9)40(33)45/h10-20,35-36,42-45H,5,41H2,1-4,6-9H3/b11-10-,34-12-. The smallest absolute Gasteiger partial charge is 0.122 e. The highest BCUT2D eigenvalue weighted by molar-refractivity contribution is 5.59. The number of phenolic OH excluding ortho intramolecular Hbond substituents is 4. The molecule has 5 heteroatoms. The van der Waals surface area contributed by atoms with E-state index in [1.54, 1.807) is 12.2 Å². The van der Waals surface area contributed by atoms with Crippen molar-refractivity contribution in [3.05, 3.63) is 151 Å². The Labute approximate surface area is 267 Å². The minimum absolute atomic E-state index is 0.129. The summed E-state index contributed by atoms with van der Waals surface area (Å²) in [5.41, 5.74) is 17.2. The van der Waals surface area contributed by atoms with E-state index in [4.69, 9.17) is 5.73 Å². The number of benzene rings is 4. The molecule has 0 aliphatic carbocycles. The van der Waals surface area contributed by atoms with Gasteiger partial charge in [-0.3, -0.25) is 0 Å². The number of aryl methyl sites for hydroxylation is 8. The topological polar surface area (TPSA) is 107 Å². The van der Waals surface area contributed by atoms with E-state index in [0.29, 0.717) is 33.5 Å². The summed E-state index contributed by atoms with van der Waals surface area (Å²) in [6.45, 7) is 19.7. The van der Waals surface area contributed by atoms with Gasteiger partial charge in [0.15, 0.2) is 0 Å². The van der Waals surface area contributed by atoms with Gasteiger partial charge in [0.05, 0.1) is 5.92 Å².